The van der Waals surface area contributed by atoms with Crippen molar-refractivity contribution in [1.29, 1.82) is 0 Å². The van der Waals surface area contributed by atoms with Gasteiger partial charge in [0.05, 0.1) is 17.6 Å². The topological polar surface area (TPSA) is 98.3 Å². The van der Waals surface area contributed by atoms with Gasteiger partial charge in [-0.1, -0.05) is 0 Å². The van der Waals surface area contributed by atoms with Crippen LogP contribution in [0, 0.1) is 6.92 Å². The smallest absolute Gasteiger partial charge is 0.341 e. The van der Waals surface area contributed by atoms with E-state index in [4.69, 9.17) is 15.6 Å². The number of carboxylic acid groups (broad SMARTS) is 1. The highest BCUT2D eigenvalue weighted by atomic mass is 16.5. The van der Waals surface area contributed by atoms with Gasteiger partial charge < -0.3 is 15.6 Å². The van der Waals surface area contributed by atoms with Gasteiger partial charge in [-0.2, -0.15) is 0 Å². The lowest BCUT2D eigenvalue weighted by molar-refractivity contribution is 0.0693. The van der Waals surface area contributed by atoms with E-state index in [2.05, 4.69) is 9.97 Å². The molecule has 0 atom stereocenters. The lowest BCUT2D eigenvalue weighted by atomic mass is 10.2. The van der Waals surface area contributed by atoms with Gasteiger partial charge in [0, 0.05) is 6.20 Å². The maximum atomic E-state index is 11.1. The third-order valence-electron chi connectivity index (χ3n) is 2.27. The number of ether oxygens (including phenoxy) is 1. The highest BCUT2D eigenvalue weighted by Gasteiger charge is 2.15. The molecule has 0 aliphatic heterocycles. The summed E-state index contributed by atoms with van der Waals surface area (Å²) in [5.41, 5.74) is 6.32. The van der Waals surface area contributed by atoms with E-state index in [0.29, 0.717) is 11.4 Å². The molecule has 2 aromatic heterocycles. The SMILES string of the molecule is Cc1ncccc1Oc1ncc(N)cc1C(=O)O. The zero-order valence-corrected chi connectivity index (χ0v) is 9.62. The van der Waals surface area contributed by atoms with Gasteiger partial charge in [-0.25, -0.2) is 9.78 Å². The molecule has 0 fully saturated rings. The van der Waals surface area contributed by atoms with Gasteiger partial charge in [-0.3, -0.25) is 4.98 Å². The van der Waals surface area contributed by atoms with Crippen LogP contribution in [0.25, 0.3) is 0 Å². The summed E-state index contributed by atoms with van der Waals surface area (Å²) in [7, 11) is 0. The predicted octanol–water partition coefficient (Wildman–Crippen LogP) is 1.86. The molecule has 0 radical (unpaired) electrons. The number of anilines is 1. The highest BCUT2D eigenvalue weighted by Crippen LogP contribution is 2.25. The monoisotopic (exact) mass is 245 g/mol. The van der Waals surface area contributed by atoms with Gasteiger partial charge in [0.2, 0.25) is 5.88 Å². The van der Waals surface area contributed by atoms with Crippen LogP contribution in [0.5, 0.6) is 11.6 Å². The van der Waals surface area contributed by atoms with Crippen LogP contribution >= 0.6 is 0 Å². The van der Waals surface area contributed by atoms with Crippen LogP contribution in [0.1, 0.15) is 16.1 Å². The number of hydrogen-bond donors (Lipinski definition) is 2. The highest BCUT2D eigenvalue weighted by molar-refractivity contribution is 5.91. The second kappa shape index (κ2) is 4.70. The summed E-state index contributed by atoms with van der Waals surface area (Å²) in [6.07, 6.45) is 2.96. The van der Waals surface area contributed by atoms with E-state index in [1.807, 2.05) is 0 Å². The van der Waals surface area contributed by atoms with Gasteiger partial charge >= 0.3 is 5.97 Å². The van der Waals surface area contributed by atoms with Crippen molar-refractivity contribution >= 4 is 11.7 Å². The molecule has 6 heteroatoms. The first-order chi connectivity index (χ1) is 8.58. The molecule has 2 aromatic rings. The molecule has 0 unspecified atom stereocenters. The molecule has 6 nitrogen and oxygen atoms in total. The fourth-order valence-corrected chi connectivity index (χ4v) is 1.38. The number of aryl methyl sites for hydroxylation is 1. The average molecular weight is 245 g/mol. The number of carbonyl (C=O) groups is 1. The molecular weight excluding hydrogens is 234 g/mol. The Hall–Kier alpha value is -2.63. The lowest BCUT2D eigenvalue weighted by Gasteiger charge is -2.09. The van der Waals surface area contributed by atoms with Crippen LogP contribution in [0.4, 0.5) is 5.69 Å². The van der Waals surface area contributed by atoms with Crippen LogP contribution in [0.2, 0.25) is 0 Å². The maximum Gasteiger partial charge on any atom is 0.341 e. The van der Waals surface area contributed by atoms with Crippen molar-refractivity contribution in [1.82, 2.24) is 9.97 Å². The molecule has 92 valence electrons. The number of aromatic nitrogens is 2. The van der Waals surface area contributed by atoms with Crippen LogP contribution < -0.4 is 10.5 Å². The molecule has 2 heterocycles. The summed E-state index contributed by atoms with van der Waals surface area (Å²) >= 11 is 0. The number of nitrogen functional groups attached to an aromatic ring is 1. The second-order valence-electron chi connectivity index (χ2n) is 3.62. The minimum absolute atomic E-state index is 0.00667. The molecule has 0 saturated carbocycles. The van der Waals surface area contributed by atoms with E-state index >= 15 is 0 Å². The molecule has 2 rings (SSSR count). The number of nitrogens with two attached hydrogens (primary N) is 1. The van der Waals surface area contributed by atoms with E-state index < -0.39 is 5.97 Å². The number of nitrogens with zero attached hydrogens (tertiary/aromatic N) is 2. The summed E-state index contributed by atoms with van der Waals surface area (Å²) < 4.78 is 5.45. The van der Waals surface area contributed by atoms with E-state index in [9.17, 15) is 4.79 Å². The molecule has 0 aliphatic rings. The Kier molecular flexibility index (Phi) is 3.09. The zero-order chi connectivity index (χ0) is 13.1. The summed E-state index contributed by atoms with van der Waals surface area (Å²) in [6.45, 7) is 1.76. The van der Waals surface area contributed by atoms with Crippen molar-refractivity contribution in [3.63, 3.8) is 0 Å². The Balaban J connectivity index is 2.41. The number of carboxylic acids is 1. The largest absolute Gasteiger partial charge is 0.477 e. The molecule has 0 amide bonds. The third kappa shape index (κ3) is 2.37. The van der Waals surface area contributed by atoms with E-state index in [1.165, 1.54) is 12.3 Å². The molecule has 0 spiro atoms. The molecule has 0 bridgehead atoms. The third-order valence-corrected chi connectivity index (χ3v) is 2.27. The van der Waals surface area contributed by atoms with Crippen molar-refractivity contribution in [2.24, 2.45) is 0 Å². The standard InChI is InChI=1S/C12H11N3O3/c1-7-10(3-2-4-14-7)18-11-9(12(16)17)5-8(13)6-15-11/h2-6H,13H2,1H3,(H,16,17). The predicted molar refractivity (Wildman–Crippen MR) is 64.7 cm³/mol. The normalized spacial score (nSPS) is 10.1. The van der Waals surface area contributed by atoms with Crippen LogP contribution in [0.3, 0.4) is 0 Å². The Morgan fingerprint density at radius 3 is 2.89 bits per heavy atom. The summed E-state index contributed by atoms with van der Waals surface area (Å²) in [5, 5.41) is 9.05. The molecular formula is C12H11N3O3. The average Bonchev–Trinajstić information content (AvgIpc) is 2.34. The molecule has 0 saturated heterocycles. The Morgan fingerprint density at radius 2 is 2.22 bits per heavy atom. The number of aromatic carboxylic acids is 1. The lowest BCUT2D eigenvalue weighted by Crippen LogP contribution is -2.04. The van der Waals surface area contributed by atoms with Gasteiger partial charge in [0.25, 0.3) is 0 Å². The fraction of sp³-hybridized carbons (Fsp3) is 0.0833. The second-order valence-corrected chi connectivity index (χ2v) is 3.62. The van der Waals surface area contributed by atoms with Crippen LogP contribution in [-0.2, 0) is 0 Å². The molecule has 0 aromatic carbocycles. The maximum absolute atomic E-state index is 11.1. The number of rotatable bonds is 3. The Morgan fingerprint density at radius 1 is 1.44 bits per heavy atom. The number of pyridine rings is 2. The zero-order valence-electron chi connectivity index (χ0n) is 9.62. The summed E-state index contributed by atoms with van der Waals surface area (Å²) in [5.74, 6) is -0.698. The Labute approximate surface area is 103 Å². The van der Waals surface area contributed by atoms with Crippen LogP contribution in [0.15, 0.2) is 30.6 Å². The van der Waals surface area contributed by atoms with Gasteiger partial charge in [0.15, 0.2) is 5.75 Å². The fourth-order valence-electron chi connectivity index (χ4n) is 1.38. The van der Waals surface area contributed by atoms with Gasteiger partial charge in [-0.05, 0) is 25.1 Å². The van der Waals surface area contributed by atoms with E-state index in [-0.39, 0.29) is 17.1 Å². The van der Waals surface area contributed by atoms with Crippen molar-refractivity contribution in [3.05, 3.63) is 41.9 Å². The van der Waals surface area contributed by atoms with Crippen molar-refractivity contribution in [3.8, 4) is 11.6 Å². The summed E-state index contributed by atoms with van der Waals surface area (Å²) in [4.78, 5) is 19.0. The molecule has 0 aliphatic carbocycles. The van der Waals surface area contributed by atoms with Gasteiger partial charge in [-0.15, -0.1) is 0 Å². The van der Waals surface area contributed by atoms with Crippen molar-refractivity contribution < 1.29 is 14.6 Å². The summed E-state index contributed by atoms with van der Waals surface area (Å²) in [6, 6.07) is 4.68. The minimum Gasteiger partial charge on any atom is -0.477 e. The first kappa shape index (κ1) is 11.8. The van der Waals surface area contributed by atoms with Crippen molar-refractivity contribution in [2.45, 2.75) is 6.92 Å². The van der Waals surface area contributed by atoms with Gasteiger partial charge in [0.1, 0.15) is 5.56 Å². The molecule has 3 N–H and O–H groups in total. The Bertz CT molecular complexity index is 599. The quantitative estimate of drug-likeness (QED) is 0.856. The first-order valence-corrected chi connectivity index (χ1v) is 5.16. The molecule has 18 heavy (non-hydrogen) atoms. The van der Waals surface area contributed by atoms with E-state index in [1.54, 1.807) is 25.3 Å². The number of hydrogen-bond acceptors (Lipinski definition) is 5. The first-order valence-electron chi connectivity index (χ1n) is 5.16. The minimum atomic E-state index is -1.15. The van der Waals surface area contributed by atoms with E-state index in [0.717, 1.165) is 0 Å². The van der Waals surface area contributed by atoms with Crippen LogP contribution in [-0.4, -0.2) is 21.0 Å². The van der Waals surface area contributed by atoms with Crippen molar-refractivity contribution in [2.75, 3.05) is 5.73 Å².